The number of alkyl halides is 2. The van der Waals surface area contributed by atoms with Gasteiger partial charge in [-0.25, -0.2) is 8.78 Å². The maximum atomic E-state index is 13.7. The number of rotatable bonds is 5. The van der Waals surface area contributed by atoms with Crippen LogP contribution in [0.5, 0.6) is 0 Å². The van der Waals surface area contributed by atoms with Crippen molar-refractivity contribution < 1.29 is 21.2 Å². The summed E-state index contributed by atoms with van der Waals surface area (Å²) in [6, 6.07) is 8.66. The van der Waals surface area contributed by atoms with Crippen molar-refractivity contribution >= 4 is 11.0 Å². The average molecular weight is 454 g/mol. The van der Waals surface area contributed by atoms with Crippen LogP contribution in [-0.2, 0) is 13.1 Å². The largest absolute Gasteiger partial charge is 0.392 e. The van der Waals surface area contributed by atoms with Gasteiger partial charge in [-0.1, -0.05) is 29.4 Å². The summed E-state index contributed by atoms with van der Waals surface area (Å²) in [6.45, 7) is 1.92. The van der Waals surface area contributed by atoms with Gasteiger partial charge in [-0.05, 0) is 49.8 Å². The predicted octanol–water partition coefficient (Wildman–Crippen LogP) is 6.29. The Bertz CT molecular complexity index is 1340. The van der Waals surface area contributed by atoms with Crippen LogP contribution in [0.3, 0.4) is 0 Å². The first-order valence-electron chi connectivity index (χ1n) is 12.1. The smallest absolute Gasteiger partial charge is 0.248 e. The highest BCUT2D eigenvalue weighted by Crippen LogP contribution is 2.39. The van der Waals surface area contributed by atoms with Crippen molar-refractivity contribution in [2.75, 3.05) is 0 Å². The molecule has 0 radical (unpaired) electrons. The maximum Gasteiger partial charge on any atom is 0.248 e. The van der Waals surface area contributed by atoms with Crippen molar-refractivity contribution in [3.8, 4) is 22.3 Å². The molecule has 1 saturated carbocycles. The molecule has 0 amide bonds. The lowest BCUT2D eigenvalue weighted by atomic mass is 9.87. The van der Waals surface area contributed by atoms with Crippen LogP contribution in [-0.4, -0.2) is 25.7 Å². The van der Waals surface area contributed by atoms with Gasteiger partial charge < -0.3 is 14.2 Å². The van der Waals surface area contributed by atoms with E-state index in [2.05, 4.69) is 9.72 Å². The Kier molecular flexibility index (Phi) is 4.93. The topological polar surface area (TPSA) is 64.1 Å². The highest BCUT2D eigenvalue weighted by atomic mass is 19.3. The third kappa shape index (κ3) is 4.17. The van der Waals surface area contributed by atoms with Crippen LogP contribution in [0.15, 0.2) is 47.2 Å². The van der Waals surface area contributed by atoms with Gasteiger partial charge >= 0.3 is 0 Å². The Labute approximate surface area is 193 Å². The number of aryl methyl sites for hydroxylation is 2. The Morgan fingerprint density at radius 1 is 1.18 bits per heavy atom. The second-order valence-electron chi connectivity index (χ2n) is 8.97. The molecule has 33 heavy (non-hydrogen) atoms. The van der Waals surface area contributed by atoms with Gasteiger partial charge in [-0.3, -0.25) is 4.98 Å². The minimum Gasteiger partial charge on any atom is -0.392 e. The van der Waals surface area contributed by atoms with Crippen LogP contribution in [0, 0.1) is 19.8 Å². The Morgan fingerprint density at radius 2 is 1.91 bits per heavy atom. The Morgan fingerprint density at radius 3 is 2.55 bits per heavy atom. The molecule has 5 nitrogen and oxygen atoms in total. The summed E-state index contributed by atoms with van der Waals surface area (Å²) in [7, 11) is 0. The number of fused-ring (bicyclic) bond motifs is 1. The number of hydrogen-bond donors (Lipinski definition) is 1. The SMILES string of the molecule is [2H]C([2H])(O)c1ccc(-c2cn(CC3CCC(F)(F)CC3)c3cc(-c4c(C)noc4C)cnc23)cc1. The molecule has 7 heteroatoms. The molecule has 0 atom stereocenters. The van der Waals surface area contributed by atoms with Gasteiger partial charge in [0, 0.05) is 48.5 Å². The number of aromatic nitrogens is 3. The molecule has 3 heterocycles. The molecular weight excluding hydrogens is 424 g/mol. The normalized spacial score (nSPS) is 17.8. The predicted molar refractivity (Wildman–Crippen MR) is 123 cm³/mol. The molecule has 0 unspecified atom stereocenters. The van der Waals surface area contributed by atoms with Gasteiger partial charge in [0.15, 0.2) is 0 Å². The summed E-state index contributed by atoms with van der Waals surface area (Å²) in [5, 5.41) is 13.7. The monoisotopic (exact) mass is 453 g/mol. The van der Waals surface area contributed by atoms with E-state index in [1.807, 2.05) is 26.1 Å². The molecule has 0 bridgehead atoms. The average Bonchev–Trinajstić information content (AvgIpc) is 3.33. The molecule has 1 N–H and O–H groups in total. The minimum atomic E-state index is -2.57. The van der Waals surface area contributed by atoms with Gasteiger partial charge in [-0.15, -0.1) is 0 Å². The number of aliphatic hydroxyl groups is 1. The third-order valence-corrected chi connectivity index (χ3v) is 6.66. The fraction of sp³-hybridized carbons (Fsp3) is 0.385. The third-order valence-electron chi connectivity index (χ3n) is 6.66. The van der Waals surface area contributed by atoms with Gasteiger partial charge in [0.05, 0.1) is 26.0 Å². The minimum absolute atomic E-state index is 0.0864. The van der Waals surface area contributed by atoms with Crippen molar-refractivity contribution in [3.05, 3.63) is 59.7 Å². The molecule has 5 rings (SSSR count). The second kappa shape index (κ2) is 8.37. The van der Waals surface area contributed by atoms with Gasteiger partial charge in [-0.2, -0.15) is 0 Å². The standard InChI is InChI=1S/C26H27F2N3O2/c1-16-24(17(2)33-30-16)21-11-23-25(29-12-21)22(20-5-3-19(15-32)4-6-20)14-31(23)13-18-7-9-26(27,28)10-8-18/h3-6,11-12,14,18,32H,7-10,13,15H2,1-2H3/i15D2. The fourth-order valence-electron chi connectivity index (χ4n) is 4.85. The van der Waals surface area contributed by atoms with Gasteiger partial charge in [0.25, 0.3) is 0 Å². The molecule has 1 aliphatic carbocycles. The highest BCUT2D eigenvalue weighted by Gasteiger charge is 2.35. The van der Waals surface area contributed by atoms with Crippen LogP contribution in [0.1, 0.15) is 45.4 Å². The van der Waals surface area contributed by atoms with Gasteiger partial charge in [0.2, 0.25) is 5.92 Å². The maximum absolute atomic E-state index is 13.7. The molecule has 0 saturated heterocycles. The number of hydrogen-bond acceptors (Lipinski definition) is 4. The molecule has 0 spiro atoms. The zero-order valence-corrected chi connectivity index (χ0v) is 18.6. The highest BCUT2D eigenvalue weighted by molar-refractivity contribution is 5.95. The van der Waals surface area contributed by atoms with Crippen molar-refractivity contribution in [2.45, 2.75) is 58.6 Å². The van der Waals surface area contributed by atoms with Crippen LogP contribution in [0.2, 0.25) is 0 Å². The van der Waals surface area contributed by atoms with Crippen molar-refractivity contribution in [2.24, 2.45) is 5.92 Å². The summed E-state index contributed by atoms with van der Waals surface area (Å²) in [5.74, 6) is -1.73. The van der Waals surface area contributed by atoms with E-state index in [1.54, 1.807) is 30.5 Å². The lowest BCUT2D eigenvalue weighted by Crippen LogP contribution is -2.26. The Hall–Kier alpha value is -3.06. The van der Waals surface area contributed by atoms with E-state index >= 15 is 0 Å². The van der Waals surface area contributed by atoms with E-state index < -0.39 is 12.5 Å². The first kappa shape index (κ1) is 19.4. The first-order chi connectivity index (χ1) is 16.5. The van der Waals surface area contributed by atoms with Crippen molar-refractivity contribution in [1.82, 2.24) is 14.7 Å². The quantitative estimate of drug-likeness (QED) is 0.386. The van der Waals surface area contributed by atoms with Crippen LogP contribution >= 0.6 is 0 Å². The van der Waals surface area contributed by atoms with E-state index in [0.717, 1.165) is 39.0 Å². The molecule has 1 aliphatic rings. The van der Waals surface area contributed by atoms with Gasteiger partial charge in [0.1, 0.15) is 5.76 Å². The molecular formula is C26H27F2N3O2. The van der Waals surface area contributed by atoms with E-state index in [0.29, 0.717) is 25.1 Å². The van der Waals surface area contributed by atoms with E-state index in [9.17, 15) is 13.9 Å². The molecule has 1 fully saturated rings. The van der Waals surface area contributed by atoms with E-state index in [1.165, 1.54) is 0 Å². The molecule has 0 aliphatic heterocycles. The zero-order chi connectivity index (χ0) is 25.0. The number of nitrogens with zero attached hydrogens (tertiary/aromatic N) is 3. The second-order valence-corrected chi connectivity index (χ2v) is 8.97. The van der Waals surface area contributed by atoms with E-state index in [-0.39, 0.29) is 24.3 Å². The number of halogens is 2. The molecule has 4 aromatic rings. The summed E-state index contributed by atoms with van der Waals surface area (Å²) in [5.41, 5.74) is 6.04. The van der Waals surface area contributed by atoms with E-state index in [4.69, 9.17) is 12.2 Å². The summed E-state index contributed by atoms with van der Waals surface area (Å²) >= 11 is 0. The Balaban J connectivity index is 1.58. The number of pyridine rings is 1. The molecule has 3 aromatic heterocycles. The lowest BCUT2D eigenvalue weighted by Gasteiger charge is -2.28. The fourth-order valence-corrected chi connectivity index (χ4v) is 4.85. The summed E-state index contributed by atoms with van der Waals surface area (Å²) < 4.78 is 49.9. The van der Waals surface area contributed by atoms with Crippen LogP contribution in [0.4, 0.5) is 8.78 Å². The van der Waals surface area contributed by atoms with Crippen molar-refractivity contribution in [3.63, 3.8) is 0 Å². The molecule has 1 aromatic carbocycles. The first-order valence-corrected chi connectivity index (χ1v) is 11.1. The lowest BCUT2D eigenvalue weighted by molar-refractivity contribution is -0.0472. The van der Waals surface area contributed by atoms with Crippen molar-refractivity contribution in [1.29, 1.82) is 0 Å². The zero-order valence-electron chi connectivity index (χ0n) is 20.6. The molecule has 172 valence electrons. The number of benzene rings is 1. The van der Waals surface area contributed by atoms with Crippen LogP contribution < -0.4 is 0 Å². The van der Waals surface area contributed by atoms with Crippen LogP contribution in [0.25, 0.3) is 33.3 Å². The summed E-state index contributed by atoms with van der Waals surface area (Å²) in [6.07, 6.45) is 4.54. The summed E-state index contributed by atoms with van der Waals surface area (Å²) in [4.78, 5) is 4.77.